The summed E-state index contributed by atoms with van der Waals surface area (Å²) < 4.78 is 2.39. The van der Waals surface area contributed by atoms with Gasteiger partial charge in [-0.15, -0.1) is 94.5 Å². The van der Waals surface area contributed by atoms with Crippen LogP contribution in [-0.4, -0.2) is 19.5 Å². The summed E-state index contributed by atoms with van der Waals surface area (Å²) in [7, 11) is 0. The van der Waals surface area contributed by atoms with Crippen LogP contribution < -0.4 is 0 Å². The van der Waals surface area contributed by atoms with Gasteiger partial charge in [-0.3, -0.25) is 0 Å². The smallest absolute Gasteiger partial charge is 0.356 e. The Morgan fingerprint density at radius 2 is 0.882 bits per heavy atom. The van der Waals surface area contributed by atoms with E-state index in [2.05, 4.69) is 191 Å². The molecule has 0 atom stereocenters. The number of benzene rings is 7. The standard InChI is InChI=1S/C63H45N4.Ir/c1-2-12-49(13-3-1)50-31-33-51(34-32-50)58-43-54(61-18-8-11-39-66-61)35-36-62(58)67-44-55-14-4-5-15-57(55)63(67)56-41-47(21-19-45-23-27-52(28-24-45)59-16-6-9-37-64-59)40-48(42-56)22-20-46-25-29-53(30-26-46)60-17-7-10-38-65-60;/h1-18,23-27,29,31-34,36-44H,19-22H2;/q-3;+3. The molecule has 326 valence electrons. The van der Waals surface area contributed by atoms with Gasteiger partial charge in [0.2, 0.25) is 0 Å². The van der Waals surface area contributed by atoms with Gasteiger partial charge in [-0.05, 0) is 105 Å². The number of fused-ring (bicyclic) bond motifs is 1. The number of aryl methyl sites for hydroxylation is 4. The summed E-state index contributed by atoms with van der Waals surface area (Å²) in [5.74, 6) is 0. The van der Waals surface area contributed by atoms with E-state index in [1.54, 1.807) is 0 Å². The molecule has 0 spiro atoms. The molecule has 4 nitrogen and oxygen atoms in total. The fourth-order valence-corrected chi connectivity index (χ4v) is 9.05. The van der Waals surface area contributed by atoms with E-state index in [9.17, 15) is 0 Å². The van der Waals surface area contributed by atoms with E-state index in [-0.39, 0.29) is 20.1 Å². The molecule has 4 aromatic heterocycles. The van der Waals surface area contributed by atoms with Gasteiger partial charge in [-0.1, -0.05) is 140 Å². The number of hydrogen-bond acceptors (Lipinski definition) is 3. The molecular formula is C63H45IrN4. The van der Waals surface area contributed by atoms with Crippen LogP contribution >= 0.6 is 0 Å². The number of nitrogens with zero attached hydrogens (tertiary/aromatic N) is 4. The minimum Gasteiger partial charge on any atom is -0.356 e. The zero-order valence-electron chi connectivity index (χ0n) is 37.3. The van der Waals surface area contributed by atoms with E-state index in [1.165, 1.54) is 49.7 Å². The van der Waals surface area contributed by atoms with Gasteiger partial charge in [-0.25, -0.2) is 0 Å². The third-order valence-electron chi connectivity index (χ3n) is 12.5. The van der Waals surface area contributed by atoms with Crippen molar-refractivity contribution in [3.05, 3.63) is 265 Å². The van der Waals surface area contributed by atoms with E-state index in [0.717, 1.165) is 82.0 Å². The summed E-state index contributed by atoms with van der Waals surface area (Å²) in [5.41, 5.74) is 18.8. The summed E-state index contributed by atoms with van der Waals surface area (Å²) in [6.45, 7) is 0. The Morgan fingerprint density at radius 1 is 0.382 bits per heavy atom. The molecule has 0 fully saturated rings. The predicted octanol–water partition coefficient (Wildman–Crippen LogP) is 14.8. The van der Waals surface area contributed by atoms with Crippen LogP contribution in [0.5, 0.6) is 0 Å². The Kier molecular flexibility index (Phi) is 13.2. The molecule has 0 aliphatic rings. The topological polar surface area (TPSA) is 43.6 Å². The fraction of sp³-hybridized carbons (Fsp3) is 0.0635. The Morgan fingerprint density at radius 3 is 1.44 bits per heavy atom. The van der Waals surface area contributed by atoms with Gasteiger partial charge in [0, 0.05) is 30.2 Å². The molecule has 0 aliphatic carbocycles. The van der Waals surface area contributed by atoms with Crippen molar-refractivity contribution >= 4 is 10.8 Å². The molecule has 0 radical (unpaired) electrons. The SMILES string of the molecule is [Ir+3].[c-]1cc(CCc2cc(CCc3c[c-]c(-c4ccccn4)cc3)cc(-c3c4ccccc4cn3-c3c[c-]c(-c4ccccn4)cc3-c3ccc(-c4ccccc4)cc3)c2)ccc1-c1ccccn1. The molecule has 0 bridgehead atoms. The molecule has 4 heterocycles. The van der Waals surface area contributed by atoms with Crippen molar-refractivity contribution in [1.29, 1.82) is 0 Å². The van der Waals surface area contributed by atoms with Crippen LogP contribution in [0.2, 0.25) is 0 Å². The molecule has 7 aromatic carbocycles. The van der Waals surface area contributed by atoms with Gasteiger partial charge in [0.05, 0.1) is 5.69 Å². The van der Waals surface area contributed by atoms with E-state index in [0.29, 0.717) is 0 Å². The number of pyridine rings is 3. The van der Waals surface area contributed by atoms with Gasteiger partial charge < -0.3 is 19.5 Å². The molecule has 0 N–H and O–H groups in total. The van der Waals surface area contributed by atoms with Crippen molar-refractivity contribution in [2.45, 2.75) is 25.7 Å². The maximum atomic E-state index is 4.73. The summed E-state index contributed by atoms with van der Waals surface area (Å²) in [6.07, 6.45) is 11.3. The molecular weight excluding hydrogens is 1000 g/mol. The molecule has 5 heteroatoms. The van der Waals surface area contributed by atoms with Crippen molar-refractivity contribution in [2.75, 3.05) is 0 Å². The second-order valence-corrected chi connectivity index (χ2v) is 16.9. The van der Waals surface area contributed by atoms with Crippen LogP contribution in [-0.2, 0) is 45.8 Å². The Hall–Kier alpha value is -7.82. The minimum atomic E-state index is 0. The van der Waals surface area contributed by atoms with Gasteiger partial charge in [0.1, 0.15) is 0 Å². The summed E-state index contributed by atoms with van der Waals surface area (Å²) in [4.78, 5) is 13.8. The normalized spacial score (nSPS) is 11.1. The Labute approximate surface area is 412 Å². The van der Waals surface area contributed by atoms with Crippen molar-refractivity contribution in [3.8, 4) is 73.0 Å². The molecule has 0 aliphatic heterocycles. The predicted molar refractivity (Wildman–Crippen MR) is 273 cm³/mol. The van der Waals surface area contributed by atoms with E-state index in [4.69, 9.17) is 4.98 Å². The van der Waals surface area contributed by atoms with Crippen LogP contribution in [0.15, 0.2) is 225 Å². The molecule has 11 rings (SSSR count). The van der Waals surface area contributed by atoms with Crippen LogP contribution in [0.4, 0.5) is 0 Å². The van der Waals surface area contributed by atoms with E-state index in [1.807, 2.05) is 67.1 Å². The maximum absolute atomic E-state index is 4.73. The first-order valence-electron chi connectivity index (χ1n) is 22.9. The molecule has 0 amide bonds. The molecule has 0 saturated carbocycles. The monoisotopic (exact) mass is 1050 g/mol. The molecule has 0 unspecified atom stereocenters. The van der Waals surface area contributed by atoms with Crippen molar-refractivity contribution in [1.82, 2.24) is 19.5 Å². The van der Waals surface area contributed by atoms with Crippen molar-refractivity contribution in [3.63, 3.8) is 0 Å². The zero-order chi connectivity index (χ0) is 44.8. The van der Waals surface area contributed by atoms with Crippen LogP contribution in [0, 0.1) is 18.2 Å². The average molecular weight is 1050 g/mol. The summed E-state index contributed by atoms with van der Waals surface area (Å²) in [5, 5.41) is 2.37. The Bertz CT molecular complexity index is 3300. The first kappa shape index (κ1) is 44.0. The fourth-order valence-electron chi connectivity index (χ4n) is 9.05. The third-order valence-corrected chi connectivity index (χ3v) is 12.5. The second kappa shape index (κ2) is 20.4. The van der Waals surface area contributed by atoms with Crippen LogP contribution in [0.25, 0.3) is 83.7 Å². The van der Waals surface area contributed by atoms with Gasteiger partial charge >= 0.3 is 20.1 Å². The van der Waals surface area contributed by atoms with Crippen LogP contribution in [0.3, 0.4) is 0 Å². The van der Waals surface area contributed by atoms with Gasteiger partial charge in [-0.2, -0.15) is 0 Å². The largest absolute Gasteiger partial charge is 3.00 e. The summed E-state index contributed by atoms with van der Waals surface area (Å²) >= 11 is 0. The zero-order valence-corrected chi connectivity index (χ0v) is 39.7. The first-order chi connectivity index (χ1) is 33.2. The van der Waals surface area contributed by atoms with Crippen molar-refractivity contribution in [2.24, 2.45) is 0 Å². The summed E-state index contributed by atoms with van der Waals surface area (Å²) in [6, 6.07) is 81.5. The number of rotatable bonds is 13. The third kappa shape index (κ3) is 9.68. The molecule has 11 aromatic rings. The molecule has 68 heavy (non-hydrogen) atoms. The van der Waals surface area contributed by atoms with Crippen LogP contribution in [0.1, 0.15) is 22.3 Å². The average Bonchev–Trinajstić information content (AvgIpc) is 3.80. The first-order valence-corrected chi connectivity index (χ1v) is 22.9. The van der Waals surface area contributed by atoms with Crippen molar-refractivity contribution < 1.29 is 20.1 Å². The van der Waals surface area contributed by atoms with E-state index >= 15 is 0 Å². The van der Waals surface area contributed by atoms with Gasteiger partial charge in [0.25, 0.3) is 0 Å². The van der Waals surface area contributed by atoms with E-state index < -0.39 is 0 Å². The second-order valence-electron chi connectivity index (χ2n) is 16.9. The Balaban J connectivity index is 0.00000539. The quantitative estimate of drug-likeness (QED) is 0.108. The molecule has 0 saturated heterocycles. The number of aromatic nitrogens is 4. The number of hydrogen-bond donors (Lipinski definition) is 0. The minimum absolute atomic E-state index is 0. The van der Waals surface area contributed by atoms with Gasteiger partial charge in [0.15, 0.2) is 0 Å². The maximum Gasteiger partial charge on any atom is 3.00 e.